The van der Waals surface area contributed by atoms with Gasteiger partial charge >= 0.3 is 0 Å². The smallest absolute Gasteiger partial charge is 0.244 e. The molecule has 0 saturated carbocycles. The van der Waals surface area contributed by atoms with Crippen LogP contribution in [-0.2, 0) is 17.9 Å². The van der Waals surface area contributed by atoms with Crippen LogP contribution in [0.15, 0.2) is 53.2 Å². The fraction of sp³-hybridized carbons (Fsp3) is 0.381. The van der Waals surface area contributed by atoms with E-state index in [1.165, 1.54) is 37.6 Å². The molecule has 3 rings (SSSR count). The third-order valence-corrected chi connectivity index (χ3v) is 4.71. The quantitative estimate of drug-likeness (QED) is 0.814. The minimum Gasteiger partial charge on any atom is -0.465 e. The molecule has 4 heteroatoms. The lowest BCUT2D eigenvalue weighted by Gasteiger charge is -2.30. The van der Waals surface area contributed by atoms with Crippen molar-refractivity contribution in [2.24, 2.45) is 5.92 Å². The van der Waals surface area contributed by atoms with Crippen LogP contribution < -0.4 is 5.32 Å². The van der Waals surface area contributed by atoms with Crippen molar-refractivity contribution >= 4 is 12.0 Å². The Labute approximate surface area is 149 Å². The Morgan fingerprint density at radius 3 is 2.60 bits per heavy atom. The van der Waals surface area contributed by atoms with E-state index in [1.807, 2.05) is 6.07 Å². The molecule has 1 N–H and O–H groups in total. The molecule has 0 radical (unpaired) electrons. The van der Waals surface area contributed by atoms with Gasteiger partial charge in [-0.2, -0.15) is 0 Å². The monoisotopic (exact) mass is 338 g/mol. The fourth-order valence-electron chi connectivity index (χ4n) is 3.03. The van der Waals surface area contributed by atoms with Crippen molar-refractivity contribution in [3.63, 3.8) is 0 Å². The number of nitrogens with one attached hydrogen (secondary N) is 1. The summed E-state index contributed by atoms with van der Waals surface area (Å²) in [6.07, 6.45) is 7.34. The highest BCUT2D eigenvalue weighted by Gasteiger charge is 2.15. The highest BCUT2D eigenvalue weighted by molar-refractivity contribution is 5.91. The summed E-state index contributed by atoms with van der Waals surface area (Å²) in [5, 5.41) is 2.89. The Balaban J connectivity index is 1.43. The van der Waals surface area contributed by atoms with Crippen LogP contribution in [0.5, 0.6) is 0 Å². The van der Waals surface area contributed by atoms with Gasteiger partial charge < -0.3 is 9.73 Å². The number of carbonyl (C=O) groups is 1. The molecule has 2 heterocycles. The van der Waals surface area contributed by atoms with Gasteiger partial charge in [0.05, 0.1) is 6.26 Å². The molecule has 1 amide bonds. The Morgan fingerprint density at radius 2 is 1.92 bits per heavy atom. The first kappa shape index (κ1) is 17.5. The van der Waals surface area contributed by atoms with Gasteiger partial charge in [0.15, 0.2) is 0 Å². The predicted octanol–water partition coefficient (Wildman–Crippen LogP) is 3.84. The van der Waals surface area contributed by atoms with Gasteiger partial charge in [-0.25, -0.2) is 0 Å². The Morgan fingerprint density at radius 1 is 1.20 bits per heavy atom. The molecule has 0 spiro atoms. The second-order valence-corrected chi connectivity index (χ2v) is 6.84. The van der Waals surface area contributed by atoms with E-state index < -0.39 is 0 Å². The number of hydrogen-bond donors (Lipinski definition) is 1. The van der Waals surface area contributed by atoms with E-state index in [9.17, 15) is 4.79 Å². The lowest BCUT2D eigenvalue weighted by atomic mass is 9.99. The summed E-state index contributed by atoms with van der Waals surface area (Å²) in [5.74, 6) is 1.42. The van der Waals surface area contributed by atoms with E-state index >= 15 is 0 Å². The van der Waals surface area contributed by atoms with Crippen molar-refractivity contribution < 1.29 is 9.21 Å². The highest BCUT2D eigenvalue weighted by Crippen LogP contribution is 2.18. The number of likely N-dealkylation sites (tertiary alicyclic amines) is 1. The third-order valence-electron chi connectivity index (χ3n) is 4.71. The van der Waals surface area contributed by atoms with Gasteiger partial charge in [-0.05, 0) is 61.2 Å². The van der Waals surface area contributed by atoms with Gasteiger partial charge in [0.1, 0.15) is 5.76 Å². The predicted molar refractivity (Wildman–Crippen MR) is 99.7 cm³/mol. The number of furan rings is 1. The Kier molecular flexibility index (Phi) is 6.07. The van der Waals surface area contributed by atoms with E-state index in [1.54, 1.807) is 18.4 Å². The molecule has 0 aliphatic carbocycles. The van der Waals surface area contributed by atoms with Crippen LogP contribution in [0, 0.1) is 5.92 Å². The molecule has 132 valence electrons. The van der Waals surface area contributed by atoms with Gasteiger partial charge in [-0.1, -0.05) is 31.2 Å². The standard InChI is InChI=1S/C21H26N2O2/c1-17-10-12-23(13-11-17)16-19-6-4-18(5-7-19)15-22-21(24)9-8-20-3-2-14-25-20/h2-9,14,17H,10-13,15-16H2,1H3,(H,22,24)/b9-8+. The van der Waals surface area contributed by atoms with Crippen LogP contribution in [0.3, 0.4) is 0 Å². The zero-order chi connectivity index (χ0) is 17.5. The molecule has 0 atom stereocenters. The molecular weight excluding hydrogens is 312 g/mol. The maximum absolute atomic E-state index is 11.8. The van der Waals surface area contributed by atoms with Crippen LogP contribution in [0.1, 0.15) is 36.7 Å². The normalized spacial score (nSPS) is 16.4. The van der Waals surface area contributed by atoms with E-state index in [0.29, 0.717) is 12.3 Å². The van der Waals surface area contributed by atoms with Crippen molar-refractivity contribution in [3.8, 4) is 0 Å². The second-order valence-electron chi connectivity index (χ2n) is 6.84. The molecule has 1 aliphatic rings. The zero-order valence-corrected chi connectivity index (χ0v) is 14.8. The molecule has 0 unspecified atom stereocenters. The second kappa shape index (κ2) is 8.67. The maximum Gasteiger partial charge on any atom is 0.244 e. The number of nitrogens with zero attached hydrogens (tertiary/aromatic N) is 1. The molecule has 1 aliphatic heterocycles. The summed E-state index contributed by atoms with van der Waals surface area (Å²) in [7, 11) is 0. The van der Waals surface area contributed by atoms with Crippen LogP contribution >= 0.6 is 0 Å². The molecule has 25 heavy (non-hydrogen) atoms. The summed E-state index contributed by atoms with van der Waals surface area (Å²) < 4.78 is 5.16. The first-order valence-electron chi connectivity index (χ1n) is 8.98. The van der Waals surface area contributed by atoms with E-state index in [4.69, 9.17) is 4.42 Å². The first-order valence-corrected chi connectivity index (χ1v) is 8.98. The summed E-state index contributed by atoms with van der Waals surface area (Å²) in [6.45, 7) is 6.28. The van der Waals surface area contributed by atoms with Crippen LogP contribution in [0.4, 0.5) is 0 Å². The van der Waals surface area contributed by atoms with Gasteiger partial charge in [0.2, 0.25) is 5.91 Å². The number of hydrogen-bond acceptors (Lipinski definition) is 3. The molecule has 1 saturated heterocycles. The lowest BCUT2D eigenvalue weighted by Crippen LogP contribution is -2.32. The number of benzene rings is 1. The van der Waals surface area contributed by atoms with Gasteiger partial charge in [-0.3, -0.25) is 9.69 Å². The molecule has 0 bridgehead atoms. The van der Waals surface area contributed by atoms with E-state index in [0.717, 1.165) is 18.0 Å². The third kappa shape index (κ3) is 5.61. The summed E-state index contributed by atoms with van der Waals surface area (Å²) in [6, 6.07) is 12.1. The van der Waals surface area contributed by atoms with E-state index in [-0.39, 0.29) is 5.91 Å². The first-order chi connectivity index (χ1) is 12.2. The lowest BCUT2D eigenvalue weighted by molar-refractivity contribution is -0.116. The van der Waals surface area contributed by atoms with E-state index in [2.05, 4.69) is 41.4 Å². The molecular formula is C21H26N2O2. The number of rotatable bonds is 6. The highest BCUT2D eigenvalue weighted by atomic mass is 16.3. The molecule has 1 fully saturated rings. The molecule has 1 aromatic heterocycles. The molecule has 4 nitrogen and oxygen atoms in total. The van der Waals surface area contributed by atoms with Crippen molar-refractivity contribution in [3.05, 3.63) is 65.6 Å². The fourth-order valence-corrected chi connectivity index (χ4v) is 3.03. The minimum atomic E-state index is -0.122. The zero-order valence-electron chi connectivity index (χ0n) is 14.8. The minimum absolute atomic E-state index is 0.122. The number of amides is 1. The Bertz CT molecular complexity index is 681. The summed E-state index contributed by atoms with van der Waals surface area (Å²) in [5.41, 5.74) is 2.44. The van der Waals surface area contributed by atoms with Crippen molar-refractivity contribution in [2.75, 3.05) is 13.1 Å². The van der Waals surface area contributed by atoms with Crippen molar-refractivity contribution in [1.82, 2.24) is 10.2 Å². The van der Waals surface area contributed by atoms with Crippen LogP contribution in [0.25, 0.3) is 6.08 Å². The number of carbonyl (C=O) groups excluding carboxylic acids is 1. The van der Waals surface area contributed by atoms with Crippen LogP contribution in [0.2, 0.25) is 0 Å². The maximum atomic E-state index is 11.8. The van der Waals surface area contributed by atoms with Gasteiger partial charge in [0.25, 0.3) is 0 Å². The van der Waals surface area contributed by atoms with Crippen molar-refractivity contribution in [1.29, 1.82) is 0 Å². The molecule has 1 aromatic carbocycles. The summed E-state index contributed by atoms with van der Waals surface area (Å²) >= 11 is 0. The number of piperidine rings is 1. The molecule has 2 aromatic rings. The average molecular weight is 338 g/mol. The topological polar surface area (TPSA) is 45.5 Å². The van der Waals surface area contributed by atoms with Crippen molar-refractivity contribution in [2.45, 2.75) is 32.9 Å². The average Bonchev–Trinajstić information content (AvgIpc) is 3.15. The largest absolute Gasteiger partial charge is 0.465 e. The SMILES string of the molecule is CC1CCN(Cc2ccc(CNC(=O)/C=C/c3ccco3)cc2)CC1. The Hall–Kier alpha value is -2.33. The van der Waals surface area contributed by atoms with Gasteiger partial charge in [-0.15, -0.1) is 0 Å². The van der Waals surface area contributed by atoms with Crippen LogP contribution in [-0.4, -0.2) is 23.9 Å². The summed E-state index contributed by atoms with van der Waals surface area (Å²) in [4.78, 5) is 14.3. The van der Waals surface area contributed by atoms with Gasteiger partial charge in [0, 0.05) is 19.2 Å².